The summed E-state index contributed by atoms with van der Waals surface area (Å²) in [6, 6.07) is 5.20. The van der Waals surface area contributed by atoms with Gasteiger partial charge in [0.05, 0.1) is 4.92 Å². The minimum Gasteiger partial charge on any atom is -0.339 e. The number of rotatable bonds is 7. The molecule has 1 saturated carbocycles. The van der Waals surface area contributed by atoms with Crippen molar-refractivity contribution in [1.82, 2.24) is 9.80 Å². The number of nitro groups is 1. The fraction of sp³-hybridized carbons (Fsp3) is 0.529. The van der Waals surface area contributed by atoms with E-state index in [1.54, 1.807) is 0 Å². The largest absolute Gasteiger partial charge is 0.339 e. The first-order chi connectivity index (χ1) is 15.2. The molecule has 0 unspecified atom stereocenters. The highest BCUT2D eigenvalue weighted by atomic mass is 17.0. The van der Waals surface area contributed by atoms with Crippen LogP contribution in [-0.2, 0) is 14.5 Å². The van der Waals surface area contributed by atoms with Gasteiger partial charge < -0.3 is 19.5 Å². The quantitative estimate of drug-likeness (QED) is 0.414. The summed E-state index contributed by atoms with van der Waals surface area (Å²) in [4.78, 5) is 68.7. The molecule has 15 heteroatoms. The van der Waals surface area contributed by atoms with Crippen molar-refractivity contribution in [2.24, 2.45) is 5.92 Å². The van der Waals surface area contributed by atoms with E-state index in [1.165, 1.54) is 34.1 Å². The molecule has 0 radical (unpaired) electrons. The molecule has 0 spiro atoms. The van der Waals surface area contributed by atoms with E-state index in [1.807, 2.05) is 0 Å². The molecule has 2 fully saturated rings. The van der Waals surface area contributed by atoms with Gasteiger partial charge in [0.1, 0.15) is 12.2 Å². The highest BCUT2D eigenvalue weighted by Gasteiger charge is 2.44. The van der Waals surface area contributed by atoms with Crippen molar-refractivity contribution >= 4 is 17.5 Å². The van der Waals surface area contributed by atoms with Crippen molar-refractivity contribution in [3.63, 3.8) is 0 Å². The minimum absolute atomic E-state index is 0.0970. The average Bonchev–Trinajstić information content (AvgIpc) is 3.13. The summed E-state index contributed by atoms with van der Waals surface area (Å²) >= 11 is 0. The first-order valence-electron chi connectivity index (χ1n) is 9.60. The first-order valence-corrected chi connectivity index (χ1v) is 9.60. The predicted molar refractivity (Wildman–Crippen MR) is 102 cm³/mol. The Hall–Kier alpha value is -4.04. The lowest BCUT2D eigenvalue weighted by molar-refractivity contribution is -0.797. The highest BCUT2D eigenvalue weighted by molar-refractivity contribution is 5.94. The van der Waals surface area contributed by atoms with Crippen LogP contribution in [0.1, 0.15) is 23.2 Å². The Labute approximate surface area is 179 Å². The lowest BCUT2D eigenvalue weighted by atomic mass is 10.1. The number of hydrogen-bond acceptors (Lipinski definition) is 10. The molecule has 1 heterocycles. The van der Waals surface area contributed by atoms with Crippen molar-refractivity contribution in [3.8, 4) is 0 Å². The van der Waals surface area contributed by atoms with Gasteiger partial charge in [-0.2, -0.15) is 0 Å². The summed E-state index contributed by atoms with van der Waals surface area (Å²) in [5.41, 5.74) is 0.151. The van der Waals surface area contributed by atoms with E-state index in [2.05, 4.69) is 9.68 Å². The lowest BCUT2D eigenvalue weighted by Crippen LogP contribution is -2.51. The molecule has 3 rings (SSSR count). The first kappa shape index (κ1) is 22.6. The molecule has 0 N–H and O–H groups in total. The van der Waals surface area contributed by atoms with Crippen molar-refractivity contribution in [2.75, 3.05) is 26.2 Å². The fourth-order valence-electron chi connectivity index (χ4n) is 3.90. The van der Waals surface area contributed by atoms with Gasteiger partial charge in [0.15, 0.2) is 0 Å². The number of carbonyl (C=O) groups excluding carboxylic acids is 2. The molecule has 1 saturated heterocycles. The number of nitro benzene ring substituents is 1. The minimum atomic E-state index is -1.23. The molecule has 3 atom stereocenters. The maximum absolute atomic E-state index is 12.8. The van der Waals surface area contributed by atoms with Crippen molar-refractivity contribution < 1.29 is 34.4 Å². The smallest absolute Gasteiger partial charge is 0.294 e. The Morgan fingerprint density at radius 2 is 1.28 bits per heavy atom. The van der Waals surface area contributed by atoms with Crippen molar-refractivity contribution in [2.45, 2.75) is 25.0 Å². The molecule has 2 amide bonds. The molecular formula is C17H19N5O10. The number of non-ortho nitro benzene ring substituents is 1. The number of hydrogen-bond donors (Lipinski definition) is 0. The van der Waals surface area contributed by atoms with E-state index >= 15 is 0 Å². The van der Waals surface area contributed by atoms with Crippen LogP contribution in [0.2, 0.25) is 0 Å². The standard InChI is InChI=1S/C17H19N5O10/c23-16(11-1-3-13(4-2-11)20(25)26)18-5-7-19(8-6-18)17(24)12-9-14(31-21(27)28)15(10-12)32-22(29)30/h1-4,12,14-15H,5-10H2/t12-,14-,15+. The Morgan fingerprint density at radius 3 is 1.72 bits per heavy atom. The third-order valence-electron chi connectivity index (χ3n) is 5.44. The number of amides is 2. The molecule has 0 bridgehead atoms. The number of nitrogens with zero attached hydrogens (tertiary/aromatic N) is 5. The third-order valence-corrected chi connectivity index (χ3v) is 5.44. The van der Waals surface area contributed by atoms with Gasteiger partial charge in [-0.25, -0.2) is 0 Å². The SMILES string of the molecule is O=C(c1ccc([N+](=O)[O-])cc1)N1CCN(C(=O)[C@H]2C[C@H](O[N+](=O)[O-])[C@H](O[N+](=O)[O-])C2)CC1. The Bertz CT molecular complexity index is 891. The zero-order valence-corrected chi connectivity index (χ0v) is 16.6. The summed E-state index contributed by atoms with van der Waals surface area (Å²) in [7, 11) is 0. The summed E-state index contributed by atoms with van der Waals surface area (Å²) < 4.78 is 0. The van der Waals surface area contributed by atoms with E-state index in [-0.39, 0.29) is 62.1 Å². The van der Waals surface area contributed by atoms with Gasteiger partial charge in [0.2, 0.25) is 5.91 Å². The Morgan fingerprint density at radius 1 is 0.812 bits per heavy atom. The van der Waals surface area contributed by atoms with Crippen LogP contribution in [0.5, 0.6) is 0 Å². The molecule has 1 aliphatic heterocycles. The van der Waals surface area contributed by atoms with Crippen LogP contribution in [0.4, 0.5) is 5.69 Å². The van der Waals surface area contributed by atoms with Gasteiger partial charge in [0.25, 0.3) is 21.8 Å². The molecule has 15 nitrogen and oxygen atoms in total. The molecule has 172 valence electrons. The van der Waals surface area contributed by atoms with Crippen LogP contribution in [0.3, 0.4) is 0 Å². The molecule has 2 aliphatic rings. The van der Waals surface area contributed by atoms with Crippen LogP contribution in [0.15, 0.2) is 24.3 Å². The van der Waals surface area contributed by atoms with Crippen LogP contribution in [0, 0.1) is 36.3 Å². The third kappa shape index (κ3) is 5.16. The molecule has 0 aromatic heterocycles. The average molecular weight is 453 g/mol. The number of piperazine rings is 1. The second-order valence-corrected chi connectivity index (χ2v) is 7.32. The second-order valence-electron chi connectivity index (χ2n) is 7.32. The van der Waals surface area contributed by atoms with Crippen LogP contribution in [-0.4, -0.2) is 75.1 Å². The van der Waals surface area contributed by atoms with Crippen LogP contribution in [0.25, 0.3) is 0 Å². The molecule has 32 heavy (non-hydrogen) atoms. The van der Waals surface area contributed by atoms with Gasteiger partial charge in [0, 0.05) is 49.8 Å². The summed E-state index contributed by atoms with van der Waals surface area (Å²) in [5, 5.41) is 29.8. The van der Waals surface area contributed by atoms with Gasteiger partial charge in [-0.3, -0.25) is 19.7 Å². The summed E-state index contributed by atoms with van der Waals surface area (Å²) in [6.45, 7) is 0.848. The van der Waals surface area contributed by atoms with Crippen molar-refractivity contribution in [1.29, 1.82) is 0 Å². The molecule has 1 aliphatic carbocycles. The summed E-state index contributed by atoms with van der Waals surface area (Å²) in [5.74, 6) is -1.42. The molecular weight excluding hydrogens is 434 g/mol. The van der Waals surface area contributed by atoms with Gasteiger partial charge in [-0.1, -0.05) is 0 Å². The predicted octanol–water partition coefficient (Wildman–Crippen LogP) is 0.443. The van der Waals surface area contributed by atoms with E-state index in [4.69, 9.17) is 0 Å². The monoisotopic (exact) mass is 453 g/mol. The topological polar surface area (TPSA) is 188 Å². The molecule has 1 aromatic carbocycles. The van der Waals surface area contributed by atoms with Gasteiger partial charge in [-0.15, -0.1) is 20.2 Å². The van der Waals surface area contributed by atoms with Crippen LogP contribution >= 0.6 is 0 Å². The van der Waals surface area contributed by atoms with Gasteiger partial charge in [-0.05, 0) is 25.0 Å². The zero-order chi connectivity index (χ0) is 23.4. The van der Waals surface area contributed by atoms with E-state index in [0.717, 1.165) is 0 Å². The number of benzene rings is 1. The second kappa shape index (κ2) is 9.40. The molecule has 1 aromatic rings. The fourth-order valence-corrected chi connectivity index (χ4v) is 3.90. The maximum atomic E-state index is 12.8. The van der Waals surface area contributed by atoms with E-state index < -0.39 is 33.2 Å². The zero-order valence-electron chi connectivity index (χ0n) is 16.6. The number of carbonyl (C=O) groups is 2. The Balaban J connectivity index is 1.56. The lowest BCUT2D eigenvalue weighted by Gasteiger charge is -2.36. The van der Waals surface area contributed by atoms with E-state index in [9.17, 15) is 39.9 Å². The Kier molecular flexibility index (Phi) is 6.65. The van der Waals surface area contributed by atoms with Crippen LogP contribution < -0.4 is 0 Å². The van der Waals surface area contributed by atoms with Crippen molar-refractivity contribution in [3.05, 3.63) is 60.2 Å². The highest BCUT2D eigenvalue weighted by Crippen LogP contribution is 2.32. The van der Waals surface area contributed by atoms with E-state index in [0.29, 0.717) is 0 Å². The summed E-state index contributed by atoms with van der Waals surface area (Å²) in [6.07, 6.45) is -2.65. The van der Waals surface area contributed by atoms with Gasteiger partial charge >= 0.3 is 0 Å². The normalized spacial score (nSPS) is 22.8. The maximum Gasteiger partial charge on any atom is 0.294 e.